The van der Waals surface area contributed by atoms with E-state index in [1.165, 1.54) is 19.3 Å². The SMILES string of the molecule is COc1cccc(OC)c1C(=O)N1CC(CO)C(CN2CCCCC2)C1. The lowest BCUT2D eigenvalue weighted by Gasteiger charge is -2.30. The van der Waals surface area contributed by atoms with Gasteiger partial charge in [0, 0.05) is 32.2 Å². The third kappa shape index (κ3) is 3.96. The third-order valence-corrected chi connectivity index (χ3v) is 5.68. The monoisotopic (exact) mass is 362 g/mol. The summed E-state index contributed by atoms with van der Waals surface area (Å²) in [6.07, 6.45) is 3.80. The lowest BCUT2D eigenvalue weighted by atomic mass is 9.95. The van der Waals surface area contributed by atoms with Gasteiger partial charge in [0.05, 0.1) is 14.2 Å². The molecule has 144 valence electrons. The van der Waals surface area contributed by atoms with Crippen LogP contribution in [0, 0.1) is 11.8 Å². The Labute approximate surface area is 155 Å². The minimum atomic E-state index is -0.0844. The molecule has 0 radical (unpaired) electrons. The minimum Gasteiger partial charge on any atom is -0.496 e. The van der Waals surface area contributed by atoms with Crippen LogP contribution in [0.2, 0.25) is 0 Å². The minimum absolute atomic E-state index is 0.0844. The average molecular weight is 362 g/mol. The van der Waals surface area contributed by atoms with E-state index in [-0.39, 0.29) is 18.4 Å². The van der Waals surface area contributed by atoms with Crippen molar-refractivity contribution in [3.63, 3.8) is 0 Å². The summed E-state index contributed by atoms with van der Waals surface area (Å²) in [5.74, 6) is 1.40. The van der Waals surface area contributed by atoms with Crippen LogP contribution in [0.3, 0.4) is 0 Å². The summed E-state index contributed by atoms with van der Waals surface area (Å²) < 4.78 is 10.8. The number of aliphatic hydroxyl groups excluding tert-OH is 1. The molecule has 6 heteroatoms. The zero-order valence-electron chi connectivity index (χ0n) is 15.8. The number of hydrogen-bond acceptors (Lipinski definition) is 5. The molecular formula is C20H30N2O4. The molecule has 6 nitrogen and oxygen atoms in total. The number of likely N-dealkylation sites (tertiary alicyclic amines) is 2. The number of benzene rings is 1. The highest BCUT2D eigenvalue weighted by Crippen LogP contribution is 2.33. The van der Waals surface area contributed by atoms with E-state index in [1.54, 1.807) is 26.4 Å². The number of carbonyl (C=O) groups is 1. The molecule has 2 unspecified atom stereocenters. The summed E-state index contributed by atoms with van der Waals surface area (Å²) in [6.45, 7) is 4.58. The second-order valence-corrected chi connectivity index (χ2v) is 7.31. The molecule has 2 aliphatic heterocycles. The molecule has 0 saturated carbocycles. The predicted molar refractivity (Wildman–Crippen MR) is 99.8 cm³/mol. The molecule has 1 N–H and O–H groups in total. The van der Waals surface area contributed by atoms with Crippen LogP contribution in [0.4, 0.5) is 0 Å². The van der Waals surface area contributed by atoms with Gasteiger partial charge < -0.3 is 24.4 Å². The van der Waals surface area contributed by atoms with Crippen molar-refractivity contribution in [1.82, 2.24) is 9.80 Å². The van der Waals surface area contributed by atoms with Crippen LogP contribution in [0.15, 0.2) is 18.2 Å². The average Bonchev–Trinajstić information content (AvgIpc) is 3.10. The third-order valence-electron chi connectivity index (χ3n) is 5.68. The molecule has 2 heterocycles. The molecule has 0 bridgehead atoms. The van der Waals surface area contributed by atoms with Gasteiger partial charge in [0.25, 0.3) is 5.91 Å². The van der Waals surface area contributed by atoms with Gasteiger partial charge in [-0.3, -0.25) is 4.79 Å². The topological polar surface area (TPSA) is 62.2 Å². The fourth-order valence-electron chi connectivity index (χ4n) is 4.21. The van der Waals surface area contributed by atoms with Crippen LogP contribution in [0.25, 0.3) is 0 Å². The second kappa shape index (κ2) is 8.73. The number of aliphatic hydroxyl groups is 1. The predicted octanol–water partition coefficient (Wildman–Crippen LogP) is 1.87. The smallest absolute Gasteiger partial charge is 0.261 e. The van der Waals surface area contributed by atoms with Crippen LogP contribution < -0.4 is 9.47 Å². The van der Waals surface area contributed by atoms with Crippen LogP contribution in [-0.4, -0.2) is 74.4 Å². The summed E-state index contributed by atoms with van der Waals surface area (Å²) in [5, 5.41) is 9.83. The van der Waals surface area contributed by atoms with E-state index in [2.05, 4.69) is 4.90 Å². The molecule has 0 aliphatic carbocycles. The molecule has 1 aromatic carbocycles. The van der Waals surface area contributed by atoms with Crippen LogP contribution in [0.5, 0.6) is 11.5 Å². The van der Waals surface area contributed by atoms with Crippen molar-refractivity contribution in [1.29, 1.82) is 0 Å². The van der Waals surface area contributed by atoms with E-state index in [9.17, 15) is 9.90 Å². The van der Waals surface area contributed by atoms with Crippen LogP contribution in [-0.2, 0) is 0 Å². The summed E-state index contributed by atoms with van der Waals surface area (Å²) in [5.41, 5.74) is 0.466. The number of nitrogens with zero attached hydrogens (tertiary/aromatic N) is 2. The Kier molecular flexibility index (Phi) is 6.38. The summed E-state index contributed by atoms with van der Waals surface area (Å²) in [4.78, 5) is 17.5. The van der Waals surface area contributed by atoms with E-state index in [0.717, 1.165) is 19.6 Å². The number of amides is 1. The zero-order valence-corrected chi connectivity index (χ0v) is 15.8. The first-order chi connectivity index (χ1) is 12.7. The number of carbonyl (C=O) groups excluding carboxylic acids is 1. The number of methoxy groups -OCH3 is 2. The van der Waals surface area contributed by atoms with E-state index in [4.69, 9.17) is 9.47 Å². The molecular weight excluding hydrogens is 332 g/mol. The quantitative estimate of drug-likeness (QED) is 0.837. The molecule has 1 amide bonds. The highest BCUT2D eigenvalue weighted by molar-refractivity contribution is 6.00. The Morgan fingerprint density at radius 3 is 2.27 bits per heavy atom. The fraction of sp³-hybridized carbons (Fsp3) is 0.650. The van der Waals surface area contributed by atoms with E-state index < -0.39 is 0 Å². The Morgan fingerprint density at radius 1 is 1.08 bits per heavy atom. The second-order valence-electron chi connectivity index (χ2n) is 7.31. The lowest BCUT2D eigenvalue weighted by Crippen LogP contribution is -2.37. The lowest BCUT2D eigenvalue weighted by molar-refractivity contribution is 0.0771. The largest absolute Gasteiger partial charge is 0.496 e. The molecule has 0 aromatic heterocycles. The number of ether oxygens (including phenoxy) is 2. The van der Waals surface area contributed by atoms with Gasteiger partial charge in [-0.25, -0.2) is 0 Å². The van der Waals surface area contributed by atoms with E-state index in [0.29, 0.717) is 36.1 Å². The van der Waals surface area contributed by atoms with Gasteiger partial charge in [-0.1, -0.05) is 12.5 Å². The van der Waals surface area contributed by atoms with Gasteiger partial charge >= 0.3 is 0 Å². The molecule has 2 atom stereocenters. The highest BCUT2D eigenvalue weighted by Gasteiger charge is 2.37. The van der Waals surface area contributed by atoms with Crippen molar-refractivity contribution in [3.8, 4) is 11.5 Å². The Morgan fingerprint density at radius 2 is 1.69 bits per heavy atom. The van der Waals surface area contributed by atoms with Gasteiger partial charge in [-0.15, -0.1) is 0 Å². The maximum atomic E-state index is 13.2. The van der Waals surface area contributed by atoms with Gasteiger partial charge in [0.1, 0.15) is 17.1 Å². The number of hydrogen-bond donors (Lipinski definition) is 1. The maximum absolute atomic E-state index is 13.2. The Hall–Kier alpha value is -1.79. The molecule has 1 aromatic rings. The standard InChI is InChI=1S/C20H30N2O4/c1-25-17-7-6-8-18(26-2)19(17)20(24)22-12-15(16(13-22)14-23)11-21-9-4-3-5-10-21/h6-8,15-16,23H,3-5,9-14H2,1-2H3. The Bertz CT molecular complexity index is 594. The van der Waals surface area contributed by atoms with E-state index >= 15 is 0 Å². The molecule has 2 fully saturated rings. The zero-order chi connectivity index (χ0) is 18.5. The van der Waals surface area contributed by atoms with Gasteiger partial charge in [-0.2, -0.15) is 0 Å². The van der Waals surface area contributed by atoms with Crippen molar-refractivity contribution >= 4 is 5.91 Å². The molecule has 2 aliphatic rings. The molecule has 26 heavy (non-hydrogen) atoms. The molecule has 3 rings (SSSR count). The Balaban J connectivity index is 1.74. The number of rotatable bonds is 6. The van der Waals surface area contributed by atoms with Crippen molar-refractivity contribution < 1.29 is 19.4 Å². The van der Waals surface area contributed by atoms with Gasteiger partial charge in [-0.05, 0) is 44.0 Å². The van der Waals surface area contributed by atoms with Crippen molar-refractivity contribution in [3.05, 3.63) is 23.8 Å². The summed E-state index contributed by atoms with van der Waals surface area (Å²) >= 11 is 0. The first kappa shape index (κ1) is 19.0. The van der Waals surface area contributed by atoms with Crippen molar-refractivity contribution in [2.24, 2.45) is 11.8 Å². The first-order valence-corrected chi connectivity index (χ1v) is 9.51. The fourth-order valence-corrected chi connectivity index (χ4v) is 4.21. The van der Waals surface area contributed by atoms with Gasteiger partial charge in [0.2, 0.25) is 0 Å². The first-order valence-electron chi connectivity index (χ1n) is 9.51. The van der Waals surface area contributed by atoms with Crippen molar-refractivity contribution in [2.75, 3.05) is 53.6 Å². The van der Waals surface area contributed by atoms with E-state index in [1.807, 2.05) is 11.0 Å². The molecule has 2 saturated heterocycles. The van der Waals surface area contributed by atoms with Gasteiger partial charge in [0.15, 0.2) is 0 Å². The number of piperidine rings is 1. The summed E-state index contributed by atoms with van der Waals surface area (Å²) in [6, 6.07) is 5.37. The summed E-state index contributed by atoms with van der Waals surface area (Å²) in [7, 11) is 3.12. The molecule has 0 spiro atoms. The normalized spacial score (nSPS) is 23.9. The maximum Gasteiger partial charge on any atom is 0.261 e. The van der Waals surface area contributed by atoms with Crippen LogP contribution >= 0.6 is 0 Å². The highest BCUT2D eigenvalue weighted by atomic mass is 16.5. The van der Waals surface area contributed by atoms with Crippen LogP contribution in [0.1, 0.15) is 29.6 Å². The van der Waals surface area contributed by atoms with Crippen molar-refractivity contribution in [2.45, 2.75) is 19.3 Å².